The van der Waals surface area contributed by atoms with E-state index in [-0.39, 0.29) is 0 Å². The van der Waals surface area contributed by atoms with Gasteiger partial charge in [0.15, 0.2) is 5.65 Å². The molecule has 4 rings (SSSR count). The van der Waals surface area contributed by atoms with Crippen molar-refractivity contribution in [3.8, 4) is 22.0 Å². The van der Waals surface area contributed by atoms with E-state index < -0.39 is 0 Å². The molecule has 0 amide bonds. The van der Waals surface area contributed by atoms with Gasteiger partial charge in [-0.25, -0.2) is 15.0 Å². The second kappa shape index (κ2) is 3.99. The number of hydrogen-bond acceptors (Lipinski definition) is 5. The number of aromatic nitrogens is 6. The number of thiazole rings is 1. The Labute approximate surface area is 111 Å². The van der Waals surface area contributed by atoms with Gasteiger partial charge in [-0.2, -0.15) is 5.10 Å². The van der Waals surface area contributed by atoms with E-state index in [1.165, 1.54) is 0 Å². The zero-order valence-corrected chi connectivity index (χ0v) is 10.5. The standard InChI is InChI=1S/C12H8N6S/c1-2-16-18-8(1)12-17-10(5-19-12)7-3-9-11(13-4-7)15-6-14-9/h1-6H,(H,16,18)(H,13,14,15). The largest absolute Gasteiger partial charge is 0.343 e. The normalized spacial score (nSPS) is 11.2. The molecule has 0 atom stereocenters. The molecule has 19 heavy (non-hydrogen) atoms. The number of nitrogens with one attached hydrogen (secondary N) is 2. The summed E-state index contributed by atoms with van der Waals surface area (Å²) in [6.07, 6.45) is 5.14. The van der Waals surface area contributed by atoms with Crippen molar-refractivity contribution in [3.05, 3.63) is 36.2 Å². The molecule has 0 radical (unpaired) electrons. The van der Waals surface area contributed by atoms with Crippen LogP contribution in [0.3, 0.4) is 0 Å². The summed E-state index contributed by atoms with van der Waals surface area (Å²) < 4.78 is 0. The molecule has 0 saturated carbocycles. The van der Waals surface area contributed by atoms with E-state index in [0.29, 0.717) is 5.65 Å². The highest BCUT2D eigenvalue weighted by atomic mass is 32.1. The van der Waals surface area contributed by atoms with E-state index >= 15 is 0 Å². The number of H-pyrrole nitrogens is 2. The molecule has 4 aromatic rings. The predicted octanol–water partition coefficient (Wildman–Crippen LogP) is 2.47. The van der Waals surface area contributed by atoms with Gasteiger partial charge in [0.2, 0.25) is 0 Å². The number of aromatic amines is 2. The first-order valence-corrected chi connectivity index (χ1v) is 6.53. The summed E-state index contributed by atoms with van der Waals surface area (Å²) in [5, 5.41) is 9.76. The molecule has 0 aromatic carbocycles. The number of nitrogens with zero attached hydrogens (tertiary/aromatic N) is 4. The molecule has 92 valence electrons. The van der Waals surface area contributed by atoms with Crippen LogP contribution in [-0.4, -0.2) is 30.1 Å². The number of hydrogen-bond donors (Lipinski definition) is 2. The second-order valence-corrected chi connectivity index (χ2v) is 4.86. The molecular formula is C12H8N6S. The first kappa shape index (κ1) is 10.4. The summed E-state index contributed by atoms with van der Waals surface area (Å²) in [6, 6.07) is 3.90. The smallest absolute Gasteiger partial charge is 0.177 e. The third-order valence-electron chi connectivity index (χ3n) is 2.80. The maximum Gasteiger partial charge on any atom is 0.177 e. The summed E-state index contributed by atoms with van der Waals surface area (Å²) in [5.74, 6) is 0. The number of rotatable bonds is 2. The number of fused-ring (bicyclic) bond motifs is 1. The highest BCUT2D eigenvalue weighted by Gasteiger charge is 2.09. The van der Waals surface area contributed by atoms with Crippen molar-refractivity contribution in [1.82, 2.24) is 30.1 Å². The van der Waals surface area contributed by atoms with Gasteiger partial charge in [0, 0.05) is 23.3 Å². The minimum Gasteiger partial charge on any atom is -0.343 e. The van der Waals surface area contributed by atoms with Crippen molar-refractivity contribution < 1.29 is 0 Å². The molecule has 0 fully saturated rings. The van der Waals surface area contributed by atoms with Crippen LogP contribution in [0.1, 0.15) is 0 Å². The van der Waals surface area contributed by atoms with Gasteiger partial charge in [0.25, 0.3) is 0 Å². The minimum absolute atomic E-state index is 0.716. The lowest BCUT2D eigenvalue weighted by molar-refractivity contribution is 1.09. The van der Waals surface area contributed by atoms with Gasteiger partial charge in [-0.1, -0.05) is 0 Å². The molecule has 0 aliphatic heterocycles. The Balaban J connectivity index is 1.79. The molecule has 0 aliphatic carbocycles. The van der Waals surface area contributed by atoms with Gasteiger partial charge < -0.3 is 4.98 Å². The highest BCUT2D eigenvalue weighted by molar-refractivity contribution is 7.13. The lowest BCUT2D eigenvalue weighted by atomic mass is 10.2. The summed E-state index contributed by atoms with van der Waals surface area (Å²) in [7, 11) is 0. The SMILES string of the molecule is c1cc(-c2nc(-c3cnc4nc[nH]c4c3)cs2)[nH]n1. The molecule has 0 saturated heterocycles. The quantitative estimate of drug-likeness (QED) is 0.585. The minimum atomic E-state index is 0.716. The van der Waals surface area contributed by atoms with Crippen molar-refractivity contribution >= 4 is 22.5 Å². The fourth-order valence-electron chi connectivity index (χ4n) is 1.87. The van der Waals surface area contributed by atoms with Gasteiger partial charge in [0.05, 0.1) is 23.2 Å². The molecule has 0 spiro atoms. The zero-order chi connectivity index (χ0) is 12.7. The molecule has 0 bridgehead atoms. The molecule has 7 heteroatoms. The van der Waals surface area contributed by atoms with Gasteiger partial charge in [-0.15, -0.1) is 11.3 Å². The monoisotopic (exact) mass is 268 g/mol. The van der Waals surface area contributed by atoms with Crippen LogP contribution in [0.4, 0.5) is 0 Å². The molecule has 4 heterocycles. The molecule has 4 aromatic heterocycles. The Hall–Kier alpha value is -2.54. The molecule has 2 N–H and O–H groups in total. The molecule has 6 nitrogen and oxygen atoms in total. The van der Waals surface area contributed by atoms with Crippen molar-refractivity contribution in [3.63, 3.8) is 0 Å². The van der Waals surface area contributed by atoms with Crippen LogP contribution in [0.5, 0.6) is 0 Å². The van der Waals surface area contributed by atoms with Crippen molar-refractivity contribution in [2.45, 2.75) is 0 Å². The maximum absolute atomic E-state index is 4.59. The van der Waals surface area contributed by atoms with Gasteiger partial charge in [-0.3, -0.25) is 5.10 Å². The molecular weight excluding hydrogens is 260 g/mol. The maximum atomic E-state index is 4.59. The first-order chi connectivity index (χ1) is 9.40. The van der Waals surface area contributed by atoms with E-state index in [4.69, 9.17) is 0 Å². The second-order valence-electron chi connectivity index (χ2n) is 4.01. The van der Waals surface area contributed by atoms with Crippen LogP contribution < -0.4 is 0 Å². The van der Waals surface area contributed by atoms with Crippen LogP contribution in [0.15, 0.2) is 36.2 Å². The van der Waals surface area contributed by atoms with Crippen molar-refractivity contribution in [1.29, 1.82) is 0 Å². The van der Waals surface area contributed by atoms with Crippen LogP contribution in [0.2, 0.25) is 0 Å². The Bertz CT molecular complexity index is 829. The number of imidazole rings is 1. The van der Waals surface area contributed by atoms with E-state index in [2.05, 4.69) is 30.1 Å². The Morgan fingerprint density at radius 1 is 1.21 bits per heavy atom. The van der Waals surface area contributed by atoms with Gasteiger partial charge in [0.1, 0.15) is 5.01 Å². The lowest BCUT2D eigenvalue weighted by Gasteiger charge is -1.95. The third-order valence-corrected chi connectivity index (χ3v) is 3.68. The van der Waals surface area contributed by atoms with Crippen LogP contribution in [0, 0.1) is 0 Å². The average Bonchev–Trinajstić information content (AvgIpc) is 3.18. The van der Waals surface area contributed by atoms with E-state index in [1.807, 2.05) is 17.5 Å². The van der Waals surface area contributed by atoms with Crippen LogP contribution in [-0.2, 0) is 0 Å². The fourth-order valence-corrected chi connectivity index (χ4v) is 2.68. The van der Waals surface area contributed by atoms with E-state index in [1.54, 1.807) is 30.1 Å². The Morgan fingerprint density at radius 3 is 3.11 bits per heavy atom. The number of pyridine rings is 1. The molecule has 0 unspecified atom stereocenters. The van der Waals surface area contributed by atoms with Crippen LogP contribution in [0.25, 0.3) is 33.1 Å². The fraction of sp³-hybridized carbons (Fsp3) is 0. The summed E-state index contributed by atoms with van der Waals surface area (Å²) >= 11 is 1.57. The van der Waals surface area contributed by atoms with Gasteiger partial charge >= 0.3 is 0 Å². The Morgan fingerprint density at radius 2 is 2.21 bits per heavy atom. The Kier molecular flexibility index (Phi) is 2.18. The van der Waals surface area contributed by atoms with Crippen molar-refractivity contribution in [2.24, 2.45) is 0 Å². The van der Waals surface area contributed by atoms with Crippen LogP contribution >= 0.6 is 11.3 Å². The average molecular weight is 268 g/mol. The predicted molar refractivity (Wildman–Crippen MR) is 72.6 cm³/mol. The molecule has 0 aliphatic rings. The topological polar surface area (TPSA) is 83.1 Å². The van der Waals surface area contributed by atoms with E-state index in [0.717, 1.165) is 27.5 Å². The first-order valence-electron chi connectivity index (χ1n) is 5.65. The van der Waals surface area contributed by atoms with Gasteiger partial charge in [-0.05, 0) is 12.1 Å². The van der Waals surface area contributed by atoms with Crippen molar-refractivity contribution in [2.75, 3.05) is 0 Å². The summed E-state index contributed by atoms with van der Waals surface area (Å²) in [4.78, 5) is 16.0. The summed E-state index contributed by atoms with van der Waals surface area (Å²) in [6.45, 7) is 0. The lowest BCUT2D eigenvalue weighted by Crippen LogP contribution is -1.83. The third kappa shape index (κ3) is 1.71. The van der Waals surface area contributed by atoms with E-state index in [9.17, 15) is 0 Å². The zero-order valence-electron chi connectivity index (χ0n) is 9.66. The summed E-state index contributed by atoms with van der Waals surface area (Å²) in [5.41, 5.74) is 4.42. The highest BCUT2D eigenvalue weighted by Crippen LogP contribution is 2.28.